The van der Waals surface area contributed by atoms with Crippen LogP contribution in [0.4, 0.5) is 8.78 Å². The van der Waals surface area contributed by atoms with Crippen molar-refractivity contribution in [3.63, 3.8) is 0 Å². The molecule has 0 radical (unpaired) electrons. The maximum Gasteiger partial charge on any atom is 0.177 e. The quantitative estimate of drug-likeness (QED) is 0.927. The molecule has 0 unspecified atom stereocenters. The minimum atomic E-state index is -0.844. The maximum absolute atomic E-state index is 14.5. The van der Waals surface area contributed by atoms with Crippen LogP contribution in [0.25, 0.3) is 5.70 Å². The Morgan fingerprint density at radius 2 is 1.83 bits per heavy atom. The van der Waals surface area contributed by atoms with Crippen molar-refractivity contribution in [1.82, 2.24) is 0 Å². The van der Waals surface area contributed by atoms with Gasteiger partial charge in [0.1, 0.15) is 0 Å². The summed E-state index contributed by atoms with van der Waals surface area (Å²) in [5.74, 6) is -1.94. The highest BCUT2D eigenvalue weighted by atomic mass is 19.1. The summed E-state index contributed by atoms with van der Waals surface area (Å²) in [5, 5.41) is 0. The van der Waals surface area contributed by atoms with Crippen molar-refractivity contribution in [3.8, 4) is 11.5 Å². The number of hydrogen-bond donors (Lipinski definition) is 1. The molecule has 0 saturated heterocycles. The third kappa shape index (κ3) is 3.14. The third-order valence-electron chi connectivity index (χ3n) is 3.32. The number of allylic oxidation sites excluding steroid dienone is 3. The normalized spacial score (nSPS) is 17.6. The van der Waals surface area contributed by atoms with Gasteiger partial charge in [-0.25, -0.2) is 8.78 Å². The highest BCUT2D eigenvalue weighted by molar-refractivity contribution is 6.41. The van der Waals surface area contributed by atoms with Gasteiger partial charge in [-0.15, -0.1) is 0 Å². The molecule has 1 aromatic carbocycles. The van der Waals surface area contributed by atoms with Gasteiger partial charge in [0, 0.05) is 6.07 Å². The molecule has 0 spiro atoms. The number of methoxy groups -OCH3 is 2. The molecule has 0 bridgehead atoms. The summed E-state index contributed by atoms with van der Waals surface area (Å²) >= 11 is 0. The van der Waals surface area contributed by atoms with Crippen LogP contribution >= 0.6 is 0 Å². The number of halogens is 2. The Labute approximate surface area is 132 Å². The molecule has 0 aliphatic carbocycles. The van der Waals surface area contributed by atoms with E-state index in [0.29, 0.717) is 11.3 Å². The van der Waals surface area contributed by atoms with Crippen molar-refractivity contribution in [2.75, 3.05) is 20.9 Å². The van der Waals surface area contributed by atoms with E-state index in [-0.39, 0.29) is 29.4 Å². The summed E-state index contributed by atoms with van der Waals surface area (Å²) in [6.07, 6.45) is 4.71. The summed E-state index contributed by atoms with van der Waals surface area (Å²) in [7, 11) is 2.59. The van der Waals surface area contributed by atoms with E-state index in [1.54, 1.807) is 13.0 Å². The Morgan fingerprint density at radius 1 is 1.22 bits per heavy atom. The Morgan fingerprint density at radius 3 is 2.30 bits per heavy atom. The summed E-state index contributed by atoms with van der Waals surface area (Å²) in [4.78, 5) is 8.16. The Balaban J connectivity index is 2.63. The van der Waals surface area contributed by atoms with Crippen LogP contribution in [0, 0.1) is 11.6 Å². The lowest BCUT2D eigenvalue weighted by Gasteiger charge is -2.15. The number of hydrogen-bond acceptors (Lipinski definition) is 5. The average Bonchev–Trinajstić information content (AvgIpc) is 2.56. The Hall–Kier alpha value is -2.54. The van der Waals surface area contributed by atoms with E-state index in [9.17, 15) is 8.78 Å². The van der Waals surface area contributed by atoms with Gasteiger partial charge in [0.2, 0.25) is 0 Å². The minimum absolute atomic E-state index is 0.0948. The van der Waals surface area contributed by atoms with Crippen LogP contribution in [-0.4, -0.2) is 32.8 Å². The lowest BCUT2D eigenvalue weighted by Crippen LogP contribution is -2.12. The maximum atomic E-state index is 14.5. The second kappa shape index (κ2) is 7.15. The largest absolute Gasteiger partial charge is 0.494 e. The van der Waals surface area contributed by atoms with Gasteiger partial charge >= 0.3 is 0 Å². The summed E-state index contributed by atoms with van der Waals surface area (Å²) in [6.45, 7) is 1.88. The van der Waals surface area contributed by atoms with Gasteiger partial charge in [0.05, 0.1) is 44.1 Å². The van der Waals surface area contributed by atoms with Crippen LogP contribution in [0.15, 0.2) is 33.8 Å². The van der Waals surface area contributed by atoms with Gasteiger partial charge in [0.25, 0.3) is 0 Å². The van der Waals surface area contributed by atoms with Crippen molar-refractivity contribution in [1.29, 1.82) is 0 Å². The molecular formula is C16H17F2N3O2. The van der Waals surface area contributed by atoms with Crippen molar-refractivity contribution in [2.45, 2.75) is 6.92 Å². The molecule has 122 valence electrons. The molecule has 23 heavy (non-hydrogen) atoms. The lowest BCUT2D eigenvalue weighted by molar-refractivity contribution is 0.357. The molecule has 1 aliphatic rings. The zero-order valence-corrected chi connectivity index (χ0v) is 13.1. The lowest BCUT2D eigenvalue weighted by atomic mass is 10.0. The molecular weight excluding hydrogens is 304 g/mol. The Bertz CT molecular complexity index is 709. The van der Waals surface area contributed by atoms with Gasteiger partial charge in [-0.1, -0.05) is 6.08 Å². The fraction of sp³-hybridized carbons (Fsp3) is 0.250. The summed E-state index contributed by atoms with van der Waals surface area (Å²) in [5.41, 5.74) is 6.41. The zero-order valence-electron chi connectivity index (χ0n) is 13.1. The molecule has 1 heterocycles. The van der Waals surface area contributed by atoms with E-state index in [2.05, 4.69) is 9.98 Å². The molecule has 1 aromatic rings. The third-order valence-corrected chi connectivity index (χ3v) is 3.32. The first-order valence-corrected chi connectivity index (χ1v) is 6.84. The van der Waals surface area contributed by atoms with Crippen molar-refractivity contribution >= 4 is 17.6 Å². The molecule has 0 aromatic heterocycles. The first kappa shape index (κ1) is 16.8. The van der Waals surface area contributed by atoms with Gasteiger partial charge in [0.15, 0.2) is 23.1 Å². The number of ether oxygens (including phenoxy) is 2. The predicted molar refractivity (Wildman–Crippen MR) is 86.2 cm³/mol. The van der Waals surface area contributed by atoms with E-state index in [1.807, 2.05) is 0 Å². The van der Waals surface area contributed by atoms with Gasteiger partial charge in [-0.3, -0.25) is 9.98 Å². The minimum Gasteiger partial charge on any atom is -0.494 e. The number of nitrogens with two attached hydrogens (primary N) is 1. The van der Waals surface area contributed by atoms with E-state index >= 15 is 0 Å². The van der Waals surface area contributed by atoms with E-state index < -0.39 is 11.6 Å². The molecule has 0 fully saturated rings. The van der Waals surface area contributed by atoms with E-state index in [4.69, 9.17) is 15.2 Å². The number of nitrogens with zero attached hydrogens (tertiary/aromatic N) is 2. The molecule has 0 saturated carbocycles. The molecule has 2 rings (SSSR count). The van der Waals surface area contributed by atoms with Crippen LogP contribution in [0.3, 0.4) is 0 Å². The number of benzene rings is 1. The van der Waals surface area contributed by atoms with Gasteiger partial charge in [-0.2, -0.15) is 0 Å². The van der Waals surface area contributed by atoms with Crippen molar-refractivity contribution in [3.05, 3.63) is 41.0 Å². The molecule has 7 heteroatoms. The van der Waals surface area contributed by atoms with Crippen LogP contribution in [-0.2, 0) is 0 Å². The second-order valence-electron chi connectivity index (χ2n) is 4.54. The number of aliphatic imine (C=N–C) groups is 2. The first-order valence-electron chi connectivity index (χ1n) is 6.84. The molecule has 1 aliphatic heterocycles. The van der Waals surface area contributed by atoms with Gasteiger partial charge in [-0.05, 0) is 18.6 Å². The smallest absolute Gasteiger partial charge is 0.177 e. The van der Waals surface area contributed by atoms with Gasteiger partial charge < -0.3 is 15.2 Å². The Kier molecular flexibility index (Phi) is 5.23. The first-order chi connectivity index (χ1) is 11.1. The molecule has 2 N–H and O–H groups in total. The molecule has 5 nitrogen and oxygen atoms in total. The van der Waals surface area contributed by atoms with Crippen LogP contribution in [0.2, 0.25) is 0 Å². The fourth-order valence-electron chi connectivity index (χ4n) is 2.17. The topological polar surface area (TPSA) is 69.2 Å². The standard InChI is InChI=1S/C16H17F2N3O2/c1-4-9-5-10(20-7-11(9)21-8-19)14-15(17)12(22-2)6-13(23-3)16(14)18/h4-7H,8,19H2,1-3H3/b9-4-,21-11-. The predicted octanol–water partition coefficient (Wildman–Crippen LogP) is 2.71. The SMILES string of the molecule is C/C=C1/C=C(c2c(F)c(OC)cc(OC)c2F)N=C/C1=N/CN. The van der Waals surface area contributed by atoms with Crippen molar-refractivity contribution < 1.29 is 18.3 Å². The van der Waals surface area contributed by atoms with E-state index in [1.165, 1.54) is 26.5 Å². The summed E-state index contributed by atoms with van der Waals surface area (Å²) < 4.78 is 38.9. The van der Waals surface area contributed by atoms with E-state index in [0.717, 1.165) is 6.07 Å². The monoisotopic (exact) mass is 321 g/mol. The van der Waals surface area contributed by atoms with Crippen LogP contribution in [0.1, 0.15) is 12.5 Å². The van der Waals surface area contributed by atoms with Crippen LogP contribution in [0.5, 0.6) is 11.5 Å². The number of rotatable bonds is 4. The highest BCUT2D eigenvalue weighted by Crippen LogP contribution is 2.36. The average molecular weight is 321 g/mol. The second-order valence-corrected chi connectivity index (χ2v) is 4.54. The van der Waals surface area contributed by atoms with Crippen LogP contribution < -0.4 is 15.2 Å². The fourth-order valence-corrected chi connectivity index (χ4v) is 2.17. The van der Waals surface area contributed by atoms with Crippen molar-refractivity contribution in [2.24, 2.45) is 15.7 Å². The highest BCUT2D eigenvalue weighted by Gasteiger charge is 2.24. The summed E-state index contributed by atoms with van der Waals surface area (Å²) in [6, 6.07) is 1.15. The molecule has 0 amide bonds. The molecule has 0 atom stereocenters. The zero-order chi connectivity index (χ0) is 17.0.